The van der Waals surface area contributed by atoms with Gasteiger partial charge in [0.05, 0.1) is 0 Å². The number of ether oxygens (including phenoxy) is 1. The van der Waals surface area contributed by atoms with Gasteiger partial charge in [-0.15, -0.1) is 0 Å². The minimum atomic E-state index is 0.602. The summed E-state index contributed by atoms with van der Waals surface area (Å²) in [7, 11) is 0. The quantitative estimate of drug-likeness (QED) is 0.560. The maximum absolute atomic E-state index is 6.07. The Hall–Kier alpha value is -1.80. The van der Waals surface area contributed by atoms with Gasteiger partial charge in [0, 0.05) is 10.9 Å². The highest BCUT2D eigenvalue weighted by atomic mass is 79.9. The van der Waals surface area contributed by atoms with E-state index in [0.29, 0.717) is 6.61 Å². The molecule has 2 heteroatoms. The molecule has 3 aromatic carbocycles. The molecular formula is C19H17BrO. The van der Waals surface area contributed by atoms with Gasteiger partial charge in [-0.2, -0.15) is 0 Å². The average molecular weight is 341 g/mol. The number of alkyl halides is 1. The highest BCUT2D eigenvalue weighted by Crippen LogP contribution is 2.30. The van der Waals surface area contributed by atoms with Crippen LogP contribution in [0.3, 0.4) is 0 Å². The number of aryl methyl sites for hydroxylation is 1. The molecule has 0 atom stereocenters. The molecule has 0 aliphatic rings. The van der Waals surface area contributed by atoms with Gasteiger partial charge in [-0.25, -0.2) is 0 Å². The number of rotatable bonds is 4. The molecule has 0 heterocycles. The Morgan fingerprint density at radius 2 is 1.67 bits per heavy atom. The van der Waals surface area contributed by atoms with Crippen LogP contribution in [-0.4, -0.2) is 0 Å². The van der Waals surface area contributed by atoms with E-state index in [2.05, 4.69) is 83.5 Å². The molecule has 0 radical (unpaired) electrons. The molecule has 0 fully saturated rings. The van der Waals surface area contributed by atoms with Crippen LogP contribution in [0.25, 0.3) is 10.8 Å². The molecule has 0 spiro atoms. The molecule has 0 saturated heterocycles. The van der Waals surface area contributed by atoms with Gasteiger partial charge in [0.15, 0.2) is 0 Å². The first-order valence-electron chi connectivity index (χ1n) is 7.03. The van der Waals surface area contributed by atoms with Gasteiger partial charge < -0.3 is 4.74 Å². The lowest BCUT2D eigenvalue weighted by Crippen LogP contribution is -2.00. The van der Waals surface area contributed by atoms with Crippen molar-refractivity contribution in [2.45, 2.75) is 18.9 Å². The standard InChI is InChI=1S/C19H17BrO/c1-14-6-2-3-8-16(14)13-21-19-11-10-15-7-4-5-9-17(15)18(19)12-20/h2-11H,12-13H2,1H3. The maximum atomic E-state index is 6.07. The topological polar surface area (TPSA) is 9.23 Å². The summed E-state index contributed by atoms with van der Waals surface area (Å²) >= 11 is 3.59. The van der Waals surface area contributed by atoms with Crippen LogP contribution in [0, 0.1) is 6.92 Å². The molecule has 3 aromatic rings. The lowest BCUT2D eigenvalue weighted by atomic mass is 10.0. The minimum Gasteiger partial charge on any atom is -0.489 e. The predicted octanol–water partition coefficient (Wildman–Crippen LogP) is 5.62. The van der Waals surface area contributed by atoms with Crippen LogP contribution in [0.2, 0.25) is 0 Å². The molecule has 3 rings (SSSR count). The van der Waals surface area contributed by atoms with Crippen molar-refractivity contribution < 1.29 is 4.74 Å². The van der Waals surface area contributed by atoms with E-state index in [4.69, 9.17) is 4.74 Å². The van der Waals surface area contributed by atoms with Crippen molar-refractivity contribution in [1.82, 2.24) is 0 Å². The van der Waals surface area contributed by atoms with Gasteiger partial charge in [0.1, 0.15) is 12.4 Å². The van der Waals surface area contributed by atoms with E-state index >= 15 is 0 Å². The van der Waals surface area contributed by atoms with Crippen molar-refractivity contribution in [1.29, 1.82) is 0 Å². The average Bonchev–Trinajstić information content (AvgIpc) is 2.53. The maximum Gasteiger partial charge on any atom is 0.124 e. The zero-order valence-electron chi connectivity index (χ0n) is 12.0. The summed E-state index contributed by atoms with van der Waals surface area (Å²) in [4.78, 5) is 0. The summed E-state index contributed by atoms with van der Waals surface area (Å²) in [6, 6.07) is 20.9. The molecule has 106 valence electrons. The lowest BCUT2D eigenvalue weighted by molar-refractivity contribution is 0.303. The molecule has 0 unspecified atom stereocenters. The molecule has 21 heavy (non-hydrogen) atoms. The SMILES string of the molecule is Cc1ccccc1COc1ccc2ccccc2c1CBr. The molecule has 0 N–H and O–H groups in total. The molecule has 0 saturated carbocycles. The normalized spacial score (nSPS) is 10.8. The number of hydrogen-bond acceptors (Lipinski definition) is 1. The van der Waals surface area contributed by atoms with E-state index < -0.39 is 0 Å². The summed E-state index contributed by atoms with van der Waals surface area (Å²) in [5, 5.41) is 3.28. The fourth-order valence-corrected chi connectivity index (χ4v) is 3.09. The molecule has 0 aromatic heterocycles. The van der Waals surface area contributed by atoms with Gasteiger partial charge in [-0.05, 0) is 34.9 Å². The van der Waals surface area contributed by atoms with Crippen molar-refractivity contribution in [3.8, 4) is 5.75 Å². The summed E-state index contributed by atoms with van der Waals surface area (Å²) < 4.78 is 6.07. The second-order valence-electron chi connectivity index (χ2n) is 5.11. The second-order valence-corrected chi connectivity index (χ2v) is 5.67. The Balaban J connectivity index is 1.92. The third-order valence-electron chi connectivity index (χ3n) is 3.78. The zero-order chi connectivity index (χ0) is 14.7. The van der Waals surface area contributed by atoms with E-state index in [9.17, 15) is 0 Å². The monoisotopic (exact) mass is 340 g/mol. The Morgan fingerprint density at radius 1 is 0.905 bits per heavy atom. The Labute approximate surface area is 133 Å². The fraction of sp³-hybridized carbons (Fsp3) is 0.158. The third kappa shape index (κ3) is 2.96. The third-order valence-corrected chi connectivity index (χ3v) is 4.34. The van der Waals surface area contributed by atoms with Crippen molar-refractivity contribution in [3.05, 3.63) is 77.4 Å². The number of fused-ring (bicyclic) bond motifs is 1. The van der Waals surface area contributed by atoms with Gasteiger partial charge in [0.25, 0.3) is 0 Å². The van der Waals surface area contributed by atoms with Crippen LogP contribution in [0.5, 0.6) is 5.75 Å². The summed E-state index contributed by atoms with van der Waals surface area (Å²) in [5.41, 5.74) is 3.70. The zero-order valence-corrected chi connectivity index (χ0v) is 13.6. The highest BCUT2D eigenvalue weighted by Gasteiger charge is 2.08. The second kappa shape index (κ2) is 6.31. The fourth-order valence-electron chi connectivity index (χ4n) is 2.52. The van der Waals surface area contributed by atoms with Crippen LogP contribution in [-0.2, 0) is 11.9 Å². The molecule has 0 aliphatic carbocycles. The Morgan fingerprint density at radius 3 is 2.48 bits per heavy atom. The molecule has 0 amide bonds. The lowest BCUT2D eigenvalue weighted by Gasteiger charge is -2.13. The van der Waals surface area contributed by atoms with E-state index in [-0.39, 0.29) is 0 Å². The number of halogens is 1. The predicted molar refractivity (Wildman–Crippen MR) is 92.1 cm³/mol. The van der Waals surface area contributed by atoms with Crippen molar-refractivity contribution in [2.75, 3.05) is 0 Å². The van der Waals surface area contributed by atoms with Crippen LogP contribution in [0.15, 0.2) is 60.7 Å². The molecule has 1 nitrogen and oxygen atoms in total. The first-order valence-corrected chi connectivity index (χ1v) is 8.15. The van der Waals surface area contributed by atoms with Crippen molar-refractivity contribution >= 4 is 26.7 Å². The van der Waals surface area contributed by atoms with E-state index in [1.165, 1.54) is 27.5 Å². The smallest absolute Gasteiger partial charge is 0.124 e. The molecule has 0 aliphatic heterocycles. The first kappa shape index (κ1) is 14.2. The van der Waals surface area contributed by atoms with Crippen LogP contribution >= 0.6 is 15.9 Å². The van der Waals surface area contributed by atoms with Gasteiger partial charge in [-0.3, -0.25) is 0 Å². The van der Waals surface area contributed by atoms with E-state index in [1.807, 2.05) is 0 Å². The largest absolute Gasteiger partial charge is 0.489 e. The van der Waals surface area contributed by atoms with Crippen molar-refractivity contribution in [3.63, 3.8) is 0 Å². The van der Waals surface area contributed by atoms with Gasteiger partial charge in [0.2, 0.25) is 0 Å². The molecule has 0 bridgehead atoms. The summed E-state index contributed by atoms with van der Waals surface area (Å²) in [6.45, 7) is 2.72. The van der Waals surface area contributed by atoms with Crippen molar-refractivity contribution in [2.24, 2.45) is 0 Å². The van der Waals surface area contributed by atoms with E-state index in [1.54, 1.807) is 0 Å². The van der Waals surface area contributed by atoms with E-state index in [0.717, 1.165) is 11.1 Å². The van der Waals surface area contributed by atoms with Crippen LogP contribution in [0.1, 0.15) is 16.7 Å². The first-order chi connectivity index (χ1) is 10.3. The van der Waals surface area contributed by atoms with Gasteiger partial charge in [-0.1, -0.05) is 70.5 Å². The summed E-state index contributed by atoms with van der Waals surface area (Å²) in [6.07, 6.45) is 0. The molecular weight excluding hydrogens is 324 g/mol. The summed E-state index contributed by atoms with van der Waals surface area (Å²) in [5.74, 6) is 0.953. The minimum absolute atomic E-state index is 0.602. The van der Waals surface area contributed by atoms with Crippen LogP contribution < -0.4 is 4.74 Å². The Bertz CT molecular complexity index is 764. The Kier molecular flexibility index (Phi) is 4.26. The number of benzene rings is 3. The number of hydrogen-bond donors (Lipinski definition) is 0. The van der Waals surface area contributed by atoms with Gasteiger partial charge >= 0.3 is 0 Å². The van der Waals surface area contributed by atoms with Crippen LogP contribution in [0.4, 0.5) is 0 Å². The highest BCUT2D eigenvalue weighted by molar-refractivity contribution is 9.08.